The minimum Gasteiger partial charge on any atom is -0.298 e. The van der Waals surface area contributed by atoms with Crippen LogP contribution in [0.3, 0.4) is 0 Å². The first-order valence-corrected chi connectivity index (χ1v) is 5.06. The molecular formula is C9H13NOS. The second kappa shape index (κ2) is 4.48. The van der Waals surface area contributed by atoms with E-state index in [0.717, 1.165) is 18.3 Å². The lowest BCUT2D eigenvalue weighted by molar-refractivity contribution is -0.104. The Morgan fingerprint density at radius 1 is 1.75 bits per heavy atom. The summed E-state index contributed by atoms with van der Waals surface area (Å²) in [5.74, 6) is 0. The molecule has 0 bridgehead atoms. The second-order valence-corrected chi connectivity index (χ2v) is 3.65. The van der Waals surface area contributed by atoms with Gasteiger partial charge in [0, 0.05) is 11.6 Å². The summed E-state index contributed by atoms with van der Waals surface area (Å²) in [6, 6.07) is 0.434. The normalized spacial score (nSPS) is 22.6. The number of hydrogen-bond donors (Lipinski definition) is 0. The highest BCUT2D eigenvalue weighted by Crippen LogP contribution is 2.17. The molecule has 0 saturated carbocycles. The zero-order valence-electron chi connectivity index (χ0n) is 7.36. The minimum absolute atomic E-state index is 0.434. The summed E-state index contributed by atoms with van der Waals surface area (Å²) in [5.41, 5.74) is 0.792. The Hall–Kier alpha value is -0.540. The number of rotatable bonds is 3. The average Bonchev–Trinajstić information content (AvgIpc) is 2.17. The van der Waals surface area contributed by atoms with Gasteiger partial charge in [0.1, 0.15) is 6.29 Å². The second-order valence-electron chi connectivity index (χ2n) is 2.71. The first-order valence-electron chi connectivity index (χ1n) is 3.88. The van der Waals surface area contributed by atoms with Crippen LogP contribution in [-0.4, -0.2) is 29.9 Å². The van der Waals surface area contributed by atoms with Crippen molar-refractivity contribution in [3.05, 3.63) is 23.8 Å². The lowest BCUT2D eigenvalue weighted by Gasteiger charge is -2.23. The summed E-state index contributed by atoms with van der Waals surface area (Å²) in [7, 11) is 2.05. The van der Waals surface area contributed by atoms with Crippen molar-refractivity contribution < 1.29 is 4.79 Å². The smallest absolute Gasteiger partial charge is 0.149 e. The Morgan fingerprint density at radius 2 is 2.50 bits per heavy atom. The highest BCUT2D eigenvalue weighted by Gasteiger charge is 2.12. The first kappa shape index (κ1) is 9.55. The molecule has 1 atom stereocenters. The third kappa shape index (κ3) is 2.22. The van der Waals surface area contributed by atoms with Crippen LogP contribution in [0.4, 0.5) is 0 Å². The standard InChI is InChI=1S/C9H13NOS/c1-10(12-2)9-5-3-8(7-11)4-6-9/h3-5,7,9H,6H2,1-2H3. The minimum atomic E-state index is 0.434. The molecule has 0 aliphatic heterocycles. The third-order valence-corrected chi connectivity index (χ3v) is 2.84. The molecule has 3 heteroatoms. The van der Waals surface area contributed by atoms with Crippen molar-refractivity contribution >= 4 is 18.2 Å². The quantitative estimate of drug-likeness (QED) is 0.490. The van der Waals surface area contributed by atoms with E-state index in [1.165, 1.54) is 0 Å². The number of nitrogens with zero attached hydrogens (tertiary/aromatic N) is 1. The summed E-state index contributed by atoms with van der Waals surface area (Å²) in [4.78, 5) is 10.4. The van der Waals surface area contributed by atoms with Crippen LogP contribution in [0.25, 0.3) is 0 Å². The van der Waals surface area contributed by atoms with Crippen LogP contribution in [0.1, 0.15) is 6.42 Å². The number of carbonyl (C=O) groups is 1. The molecule has 1 aliphatic rings. The third-order valence-electron chi connectivity index (χ3n) is 2.00. The zero-order valence-corrected chi connectivity index (χ0v) is 8.17. The molecule has 0 aromatic heterocycles. The van der Waals surface area contributed by atoms with Crippen LogP contribution in [0, 0.1) is 0 Å². The maximum absolute atomic E-state index is 10.4. The van der Waals surface area contributed by atoms with Gasteiger partial charge in [0.15, 0.2) is 0 Å². The molecule has 0 N–H and O–H groups in total. The molecular weight excluding hydrogens is 170 g/mol. The number of aldehydes is 1. The van der Waals surface area contributed by atoms with E-state index >= 15 is 0 Å². The molecule has 66 valence electrons. The van der Waals surface area contributed by atoms with Gasteiger partial charge in [-0.3, -0.25) is 4.79 Å². The van der Waals surface area contributed by atoms with E-state index in [2.05, 4.69) is 17.4 Å². The maximum Gasteiger partial charge on any atom is 0.149 e. The fourth-order valence-corrected chi connectivity index (χ4v) is 1.55. The Balaban J connectivity index is 2.53. The summed E-state index contributed by atoms with van der Waals surface area (Å²) in [6.07, 6.45) is 9.80. The van der Waals surface area contributed by atoms with E-state index in [4.69, 9.17) is 0 Å². The van der Waals surface area contributed by atoms with Gasteiger partial charge in [-0.15, -0.1) is 0 Å². The fraction of sp³-hybridized carbons (Fsp3) is 0.444. The van der Waals surface area contributed by atoms with Gasteiger partial charge >= 0.3 is 0 Å². The van der Waals surface area contributed by atoms with Gasteiger partial charge in [-0.2, -0.15) is 0 Å². The Labute approximate surface area is 77.5 Å². The van der Waals surface area contributed by atoms with E-state index in [-0.39, 0.29) is 0 Å². The SMILES string of the molecule is CSN(C)C1C=CC(C=O)=CC1. The summed E-state index contributed by atoms with van der Waals surface area (Å²) >= 11 is 1.70. The largest absolute Gasteiger partial charge is 0.298 e. The van der Waals surface area contributed by atoms with E-state index < -0.39 is 0 Å². The molecule has 0 spiro atoms. The van der Waals surface area contributed by atoms with Crippen molar-refractivity contribution in [1.29, 1.82) is 0 Å². The molecule has 0 saturated heterocycles. The Kier molecular flexibility index (Phi) is 3.56. The molecule has 0 amide bonds. The van der Waals surface area contributed by atoms with Gasteiger partial charge in [0.2, 0.25) is 0 Å². The molecule has 0 aromatic rings. The van der Waals surface area contributed by atoms with Crippen molar-refractivity contribution in [2.45, 2.75) is 12.5 Å². The van der Waals surface area contributed by atoms with Crippen molar-refractivity contribution in [2.24, 2.45) is 0 Å². The van der Waals surface area contributed by atoms with Gasteiger partial charge in [-0.05, 0) is 19.7 Å². The lowest BCUT2D eigenvalue weighted by atomic mass is 10.0. The summed E-state index contributed by atoms with van der Waals surface area (Å²) in [6.45, 7) is 0. The van der Waals surface area contributed by atoms with Crippen LogP contribution >= 0.6 is 11.9 Å². The first-order chi connectivity index (χ1) is 5.77. The van der Waals surface area contributed by atoms with Crippen LogP contribution in [0.15, 0.2) is 23.8 Å². The average molecular weight is 183 g/mol. The van der Waals surface area contributed by atoms with E-state index in [0.29, 0.717) is 6.04 Å². The van der Waals surface area contributed by atoms with Crippen molar-refractivity contribution in [3.63, 3.8) is 0 Å². The van der Waals surface area contributed by atoms with E-state index in [9.17, 15) is 4.79 Å². The molecule has 12 heavy (non-hydrogen) atoms. The number of hydrogen-bond acceptors (Lipinski definition) is 3. The molecule has 0 fully saturated rings. The van der Waals surface area contributed by atoms with Crippen LogP contribution < -0.4 is 0 Å². The zero-order chi connectivity index (χ0) is 8.97. The highest BCUT2D eigenvalue weighted by atomic mass is 32.2. The lowest BCUT2D eigenvalue weighted by Crippen LogP contribution is -2.24. The fourth-order valence-electron chi connectivity index (χ4n) is 1.12. The Morgan fingerprint density at radius 3 is 2.92 bits per heavy atom. The van der Waals surface area contributed by atoms with Crippen LogP contribution in [0.2, 0.25) is 0 Å². The van der Waals surface area contributed by atoms with Crippen LogP contribution in [-0.2, 0) is 4.79 Å². The molecule has 1 unspecified atom stereocenters. The molecule has 0 aromatic carbocycles. The molecule has 1 aliphatic carbocycles. The molecule has 2 nitrogen and oxygen atoms in total. The van der Waals surface area contributed by atoms with E-state index in [1.807, 2.05) is 18.4 Å². The van der Waals surface area contributed by atoms with Gasteiger partial charge in [0.05, 0.1) is 0 Å². The van der Waals surface area contributed by atoms with Crippen molar-refractivity contribution in [1.82, 2.24) is 4.31 Å². The molecule has 0 radical (unpaired) electrons. The highest BCUT2D eigenvalue weighted by molar-refractivity contribution is 7.96. The van der Waals surface area contributed by atoms with Crippen molar-refractivity contribution in [3.8, 4) is 0 Å². The predicted octanol–water partition coefficient (Wildman–Crippen LogP) is 1.65. The number of likely N-dealkylation sites (N-methyl/N-ethyl adjacent to an activating group) is 1. The number of allylic oxidation sites excluding steroid dienone is 2. The summed E-state index contributed by atoms with van der Waals surface area (Å²) < 4.78 is 2.18. The van der Waals surface area contributed by atoms with Gasteiger partial charge in [-0.25, -0.2) is 4.31 Å². The van der Waals surface area contributed by atoms with E-state index in [1.54, 1.807) is 11.9 Å². The van der Waals surface area contributed by atoms with Gasteiger partial charge in [0.25, 0.3) is 0 Å². The van der Waals surface area contributed by atoms with Crippen LogP contribution in [0.5, 0.6) is 0 Å². The number of carbonyl (C=O) groups excluding carboxylic acids is 1. The van der Waals surface area contributed by atoms with Gasteiger partial charge < -0.3 is 0 Å². The molecule has 0 heterocycles. The monoisotopic (exact) mass is 183 g/mol. The predicted molar refractivity (Wildman–Crippen MR) is 53.0 cm³/mol. The maximum atomic E-state index is 10.4. The topological polar surface area (TPSA) is 20.3 Å². The Bertz CT molecular complexity index is 223. The van der Waals surface area contributed by atoms with Crippen molar-refractivity contribution in [2.75, 3.05) is 13.3 Å². The van der Waals surface area contributed by atoms with Gasteiger partial charge in [-0.1, -0.05) is 30.2 Å². The summed E-state index contributed by atoms with van der Waals surface area (Å²) in [5, 5.41) is 0. The molecule has 1 rings (SSSR count).